The van der Waals surface area contributed by atoms with Gasteiger partial charge >= 0.3 is 0 Å². The first-order valence-corrected chi connectivity index (χ1v) is 7.88. The topological polar surface area (TPSA) is 29.1 Å². The molecule has 0 heterocycles. The number of amides is 1. The van der Waals surface area contributed by atoms with Gasteiger partial charge in [-0.2, -0.15) is 0 Å². The SMILES string of the molecule is O=C(CSc1ccc(F)c(Cl)c1)NCc1ccccc1Cl. The summed E-state index contributed by atoms with van der Waals surface area (Å²) in [6.07, 6.45) is 0. The van der Waals surface area contributed by atoms with E-state index in [1.165, 1.54) is 23.9 Å². The zero-order chi connectivity index (χ0) is 15.2. The summed E-state index contributed by atoms with van der Waals surface area (Å²) in [6, 6.07) is 11.7. The highest BCUT2D eigenvalue weighted by Gasteiger charge is 2.06. The van der Waals surface area contributed by atoms with Gasteiger partial charge in [0.2, 0.25) is 5.91 Å². The van der Waals surface area contributed by atoms with Gasteiger partial charge in [-0.05, 0) is 29.8 Å². The van der Waals surface area contributed by atoms with Crippen molar-refractivity contribution >= 4 is 40.9 Å². The van der Waals surface area contributed by atoms with Gasteiger partial charge in [-0.3, -0.25) is 4.79 Å². The summed E-state index contributed by atoms with van der Waals surface area (Å²) in [4.78, 5) is 12.5. The van der Waals surface area contributed by atoms with Gasteiger partial charge in [-0.25, -0.2) is 4.39 Å². The highest BCUT2D eigenvalue weighted by molar-refractivity contribution is 8.00. The van der Waals surface area contributed by atoms with Crippen LogP contribution in [0.25, 0.3) is 0 Å². The molecule has 0 saturated carbocycles. The summed E-state index contributed by atoms with van der Waals surface area (Å²) >= 11 is 13.0. The predicted molar refractivity (Wildman–Crippen MR) is 85.4 cm³/mol. The summed E-state index contributed by atoms with van der Waals surface area (Å²) in [6.45, 7) is 0.378. The van der Waals surface area contributed by atoms with Gasteiger partial charge in [-0.1, -0.05) is 41.4 Å². The standard InChI is InChI=1S/C15H12Cl2FNOS/c16-12-4-2-1-3-10(12)8-19-15(20)9-21-11-5-6-14(18)13(17)7-11/h1-7H,8-9H2,(H,19,20). The molecule has 0 aliphatic rings. The van der Waals surface area contributed by atoms with Crippen molar-refractivity contribution in [1.82, 2.24) is 5.32 Å². The van der Waals surface area contributed by atoms with Crippen LogP contribution in [-0.4, -0.2) is 11.7 Å². The number of hydrogen-bond donors (Lipinski definition) is 1. The summed E-state index contributed by atoms with van der Waals surface area (Å²) < 4.78 is 13.0. The van der Waals surface area contributed by atoms with Gasteiger partial charge in [0.05, 0.1) is 10.8 Å². The van der Waals surface area contributed by atoms with Crippen LogP contribution in [0.3, 0.4) is 0 Å². The zero-order valence-electron chi connectivity index (χ0n) is 10.9. The molecule has 2 nitrogen and oxygen atoms in total. The molecule has 0 aromatic heterocycles. The van der Waals surface area contributed by atoms with E-state index in [9.17, 15) is 9.18 Å². The number of nitrogens with one attached hydrogen (secondary N) is 1. The second kappa shape index (κ2) is 7.69. The molecule has 1 amide bonds. The molecule has 0 fully saturated rings. The average molecular weight is 344 g/mol. The molecule has 2 aromatic carbocycles. The predicted octanol–water partition coefficient (Wildman–Crippen LogP) is 4.54. The van der Waals surface area contributed by atoms with Gasteiger partial charge in [0.15, 0.2) is 0 Å². The third-order valence-electron chi connectivity index (χ3n) is 2.69. The van der Waals surface area contributed by atoms with Crippen molar-refractivity contribution in [2.24, 2.45) is 0 Å². The molecule has 0 radical (unpaired) electrons. The maximum Gasteiger partial charge on any atom is 0.230 e. The van der Waals surface area contributed by atoms with Gasteiger partial charge in [0, 0.05) is 16.5 Å². The Hall–Kier alpha value is -1.23. The van der Waals surface area contributed by atoms with E-state index in [1.807, 2.05) is 18.2 Å². The molecule has 0 unspecified atom stereocenters. The summed E-state index contributed by atoms with van der Waals surface area (Å²) in [5.74, 6) is -0.364. The number of thioether (sulfide) groups is 1. The van der Waals surface area contributed by atoms with Gasteiger partial charge in [-0.15, -0.1) is 11.8 Å². The van der Waals surface area contributed by atoms with Crippen molar-refractivity contribution in [2.45, 2.75) is 11.4 Å². The van der Waals surface area contributed by atoms with Gasteiger partial charge in [0.1, 0.15) is 5.82 Å². The Balaban J connectivity index is 1.82. The van der Waals surface area contributed by atoms with Gasteiger partial charge in [0.25, 0.3) is 0 Å². The Morgan fingerprint density at radius 1 is 1.14 bits per heavy atom. The smallest absolute Gasteiger partial charge is 0.230 e. The minimum absolute atomic E-state index is 0.0523. The van der Waals surface area contributed by atoms with Crippen molar-refractivity contribution < 1.29 is 9.18 Å². The van der Waals surface area contributed by atoms with Crippen LogP contribution in [0.5, 0.6) is 0 Å². The lowest BCUT2D eigenvalue weighted by Crippen LogP contribution is -2.24. The van der Waals surface area contributed by atoms with Crippen molar-refractivity contribution in [2.75, 3.05) is 5.75 Å². The van der Waals surface area contributed by atoms with E-state index in [0.29, 0.717) is 11.6 Å². The molecule has 0 bridgehead atoms. The molecule has 6 heteroatoms. The Morgan fingerprint density at radius 2 is 1.90 bits per heavy atom. The molecule has 110 valence electrons. The fourth-order valence-electron chi connectivity index (χ4n) is 1.60. The first kappa shape index (κ1) is 16.1. The molecular formula is C15H12Cl2FNOS. The van der Waals surface area contributed by atoms with E-state index < -0.39 is 5.82 Å². The first-order valence-electron chi connectivity index (χ1n) is 6.14. The molecule has 0 aliphatic carbocycles. The molecule has 21 heavy (non-hydrogen) atoms. The normalized spacial score (nSPS) is 10.4. The maximum absolute atomic E-state index is 13.0. The molecule has 0 atom stereocenters. The fraction of sp³-hybridized carbons (Fsp3) is 0.133. The van der Waals surface area contributed by atoms with Crippen LogP contribution in [0.4, 0.5) is 4.39 Å². The Kier molecular flexibility index (Phi) is 5.91. The molecule has 0 saturated heterocycles. The summed E-state index contributed by atoms with van der Waals surface area (Å²) in [5, 5.41) is 3.46. The third-order valence-corrected chi connectivity index (χ3v) is 4.35. The monoisotopic (exact) mass is 343 g/mol. The molecule has 0 spiro atoms. The van der Waals surface area contributed by atoms with Crippen LogP contribution in [0.1, 0.15) is 5.56 Å². The minimum Gasteiger partial charge on any atom is -0.351 e. The van der Waals surface area contributed by atoms with Crippen LogP contribution in [0, 0.1) is 5.82 Å². The van der Waals surface area contributed by atoms with Crippen molar-refractivity contribution in [3.8, 4) is 0 Å². The first-order chi connectivity index (χ1) is 10.1. The molecule has 2 aromatic rings. The lowest BCUT2D eigenvalue weighted by atomic mass is 10.2. The van der Waals surface area contributed by atoms with E-state index in [-0.39, 0.29) is 16.7 Å². The van der Waals surface area contributed by atoms with Crippen LogP contribution in [0.2, 0.25) is 10.0 Å². The molecular weight excluding hydrogens is 332 g/mol. The Bertz CT molecular complexity index is 651. The van der Waals surface area contributed by atoms with Crippen molar-refractivity contribution in [3.63, 3.8) is 0 Å². The highest BCUT2D eigenvalue weighted by atomic mass is 35.5. The number of benzene rings is 2. The van der Waals surface area contributed by atoms with Crippen LogP contribution in [0.15, 0.2) is 47.4 Å². The second-order valence-corrected chi connectivity index (χ2v) is 6.10. The highest BCUT2D eigenvalue weighted by Crippen LogP contribution is 2.24. The van der Waals surface area contributed by atoms with Crippen LogP contribution < -0.4 is 5.32 Å². The molecule has 2 rings (SSSR count). The van der Waals surface area contributed by atoms with Crippen LogP contribution >= 0.6 is 35.0 Å². The molecule has 1 N–H and O–H groups in total. The number of halogens is 3. The average Bonchev–Trinajstić information content (AvgIpc) is 2.47. The van der Waals surface area contributed by atoms with Crippen LogP contribution in [-0.2, 0) is 11.3 Å². The number of carbonyl (C=O) groups is 1. The number of carbonyl (C=O) groups excluding carboxylic acids is 1. The lowest BCUT2D eigenvalue weighted by molar-refractivity contribution is -0.118. The number of hydrogen-bond acceptors (Lipinski definition) is 2. The Morgan fingerprint density at radius 3 is 2.62 bits per heavy atom. The third kappa shape index (κ3) is 4.92. The maximum atomic E-state index is 13.0. The van der Waals surface area contributed by atoms with E-state index in [2.05, 4.69) is 5.32 Å². The number of rotatable bonds is 5. The van der Waals surface area contributed by atoms with E-state index >= 15 is 0 Å². The van der Waals surface area contributed by atoms with Crippen molar-refractivity contribution in [1.29, 1.82) is 0 Å². The summed E-state index contributed by atoms with van der Waals surface area (Å²) in [7, 11) is 0. The quantitative estimate of drug-likeness (QED) is 0.807. The lowest BCUT2D eigenvalue weighted by Gasteiger charge is -2.07. The minimum atomic E-state index is -0.468. The van der Waals surface area contributed by atoms with E-state index in [0.717, 1.165) is 10.5 Å². The summed E-state index contributed by atoms with van der Waals surface area (Å²) in [5.41, 5.74) is 0.863. The van der Waals surface area contributed by atoms with Gasteiger partial charge < -0.3 is 5.32 Å². The zero-order valence-corrected chi connectivity index (χ0v) is 13.2. The largest absolute Gasteiger partial charge is 0.351 e. The van der Waals surface area contributed by atoms with Crippen molar-refractivity contribution in [3.05, 3.63) is 63.9 Å². The second-order valence-electron chi connectivity index (χ2n) is 4.23. The van der Waals surface area contributed by atoms with E-state index in [4.69, 9.17) is 23.2 Å². The van der Waals surface area contributed by atoms with E-state index in [1.54, 1.807) is 12.1 Å². The molecule has 0 aliphatic heterocycles. The fourth-order valence-corrected chi connectivity index (χ4v) is 2.82. The Labute approximate surface area is 136 Å².